The maximum Gasteiger partial charge on any atom is 0.0725 e. The molecule has 0 radical (unpaired) electrons. The smallest absolute Gasteiger partial charge is 0.0725 e. The number of hydrogen-bond acceptors (Lipinski definition) is 1. The summed E-state index contributed by atoms with van der Waals surface area (Å²) in [6.07, 6.45) is 0. The fourth-order valence-corrected chi connectivity index (χ4v) is 9.21. The fourth-order valence-electron chi connectivity index (χ4n) is 8.02. The highest BCUT2D eigenvalue weighted by Crippen LogP contribution is 2.63. The van der Waals surface area contributed by atoms with Crippen molar-refractivity contribution in [2.45, 2.75) is 15.2 Å². The third-order valence-electron chi connectivity index (χ3n) is 9.69. The van der Waals surface area contributed by atoms with Gasteiger partial charge in [-0.25, -0.2) is 0 Å². The van der Waals surface area contributed by atoms with E-state index >= 15 is 0 Å². The van der Waals surface area contributed by atoms with Crippen molar-refractivity contribution in [1.82, 2.24) is 0 Å². The summed E-state index contributed by atoms with van der Waals surface area (Å²) >= 11 is 1.90. The van der Waals surface area contributed by atoms with Crippen LogP contribution in [0.2, 0.25) is 0 Å². The molecule has 1 heteroatoms. The summed E-state index contributed by atoms with van der Waals surface area (Å²) in [4.78, 5) is 2.67. The average molecular weight is 549 g/mol. The van der Waals surface area contributed by atoms with Crippen molar-refractivity contribution in [3.8, 4) is 44.5 Å². The van der Waals surface area contributed by atoms with Crippen molar-refractivity contribution in [1.29, 1.82) is 0 Å². The topological polar surface area (TPSA) is 0 Å². The molecule has 7 aromatic rings. The fraction of sp³-hybridized carbons (Fsp3) is 0.0244. The summed E-state index contributed by atoms with van der Waals surface area (Å²) in [7, 11) is 0. The Morgan fingerprint density at radius 2 is 0.881 bits per heavy atom. The first-order valence-corrected chi connectivity index (χ1v) is 15.4. The molecule has 1 spiro atoms. The molecule has 3 aliphatic rings. The van der Waals surface area contributed by atoms with E-state index in [9.17, 15) is 0 Å². The first-order valence-electron chi connectivity index (χ1n) is 14.6. The van der Waals surface area contributed by atoms with Gasteiger partial charge in [0.05, 0.1) is 5.41 Å². The van der Waals surface area contributed by atoms with Crippen LogP contribution in [0.15, 0.2) is 155 Å². The molecule has 1 heterocycles. The standard InChI is InChI=1S/C41H24S/c1-4-15-34-28(11-1)29-12-2-5-16-35(29)41(34)36-17-6-3-13-30(36)31-21-19-26(23-37(31)41)27-20-22-32-33-14-7-9-25-10-8-18-38(40(25)33)42-39(32)24-27/h1-24H. The summed E-state index contributed by atoms with van der Waals surface area (Å²) in [6, 6.07) is 54.7. The number of fused-ring (bicyclic) bond motifs is 12. The summed E-state index contributed by atoms with van der Waals surface area (Å²) in [5.74, 6) is 0. The Morgan fingerprint density at radius 3 is 1.55 bits per heavy atom. The van der Waals surface area contributed by atoms with Crippen LogP contribution < -0.4 is 0 Å². The van der Waals surface area contributed by atoms with Crippen LogP contribution >= 0.6 is 11.8 Å². The zero-order valence-corrected chi connectivity index (χ0v) is 23.6. The van der Waals surface area contributed by atoms with E-state index in [2.05, 4.69) is 146 Å². The molecule has 0 saturated carbocycles. The number of rotatable bonds is 1. The van der Waals surface area contributed by atoms with Gasteiger partial charge in [-0.3, -0.25) is 0 Å². The Hall–Kier alpha value is -4.85. The second-order valence-corrected chi connectivity index (χ2v) is 12.7. The minimum atomic E-state index is -0.313. The molecule has 2 aliphatic carbocycles. The Morgan fingerprint density at radius 1 is 0.357 bits per heavy atom. The zero-order valence-electron chi connectivity index (χ0n) is 22.8. The van der Waals surface area contributed by atoms with E-state index < -0.39 is 0 Å². The maximum atomic E-state index is 2.48. The summed E-state index contributed by atoms with van der Waals surface area (Å²) in [5.41, 5.74) is 15.8. The van der Waals surface area contributed by atoms with E-state index in [1.807, 2.05) is 11.8 Å². The van der Waals surface area contributed by atoms with Gasteiger partial charge in [-0.15, -0.1) is 0 Å². The highest BCUT2D eigenvalue weighted by atomic mass is 32.2. The molecule has 0 nitrogen and oxygen atoms in total. The minimum absolute atomic E-state index is 0.313. The molecule has 0 atom stereocenters. The molecular formula is C41H24S. The van der Waals surface area contributed by atoms with Gasteiger partial charge < -0.3 is 0 Å². The number of hydrogen-bond donors (Lipinski definition) is 0. The van der Waals surface area contributed by atoms with Crippen molar-refractivity contribution < 1.29 is 0 Å². The first-order chi connectivity index (χ1) is 20.8. The second kappa shape index (κ2) is 8.12. The Balaban J connectivity index is 1.21. The van der Waals surface area contributed by atoms with E-state index in [4.69, 9.17) is 0 Å². The van der Waals surface area contributed by atoms with Crippen LogP contribution in [0.3, 0.4) is 0 Å². The molecule has 10 rings (SSSR count). The first kappa shape index (κ1) is 22.8. The van der Waals surface area contributed by atoms with Crippen LogP contribution in [0, 0.1) is 0 Å². The Bertz CT molecular complexity index is 2220. The lowest BCUT2D eigenvalue weighted by atomic mass is 9.70. The van der Waals surface area contributed by atoms with Gasteiger partial charge in [0.25, 0.3) is 0 Å². The van der Waals surface area contributed by atoms with Crippen molar-refractivity contribution in [2.75, 3.05) is 0 Å². The largest absolute Gasteiger partial charge is 0.0888 e. The molecule has 194 valence electrons. The molecule has 0 aromatic heterocycles. The summed E-state index contributed by atoms with van der Waals surface area (Å²) < 4.78 is 0. The van der Waals surface area contributed by atoms with Crippen molar-refractivity contribution in [3.05, 3.63) is 168 Å². The van der Waals surface area contributed by atoms with Crippen LogP contribution in [0.1, 0.15) is 22.3 Å². The predicted molar refractivity (Wildman–Crippen MR) is 175 cm³/mol. The lowest BCUT2D eigenvalue weighted by Gasteiger charge is -2.30. The molecule has 1 aliphatic heterocycles. The lowest BCUT2D eigenvalue weighted by molar-refractivity contribution is 0.794. The molecule has 42 heavy (non-hydrogen) atoms. The van der Waals surface area contributed by atoms with Crippen LogP contribution in [-0.4, -0.2) is 0 Å². The van der Waals surface area contributed by atoms with Crippen molar-refractivity contribution >= 4 is 22.5 Å². The summed E-state index contributed by atoms with van der Waals surface area (Å²) in [6.45, 7) is 0. The molecule has 0 unspecified atom stereocenters. The van der Waals surface area contributed by atoms with Crippen molar-refractivity contribution in [2.24, 2.45) is 0 Å². The van der Waals surface area contributed by atoms with Crippen LogP contribution in [-0.2, 0) is 5.41 Å². The van der Waals surface area contributed by atoms with E-state index in [1.165, 1.54) is 87.3 Å². The number of benzene rings is 7. The normalized spacial score (nSPS) is 14.3. The van der Waals surface area contributed by atoms with Gasteiger partial charge in [-0.1, -0.05) is 139 Å². The van der Waals surface area contributed by atoms with Gasteiger partial charge in [0, 0.05) is 15.2 Å². The zero-order chi connectivity index (χ0) is 27.4. The molecular weight excluding hydrogens is 525 g/mol. The molecule has 0 N–H and O–H groups in total. The van der Waals surface area contributed by atoms with Gasteiger partial charge >= 0.3 is 0 Å². The highest BCUT2D eigenvalue weighted by Gasteiger charge is 2.51. The Kier molecular flexibility index (Phi) is 4.41. The lowest BCUT2D eigenvalue weighted by Crippen LogP contribution is -2.25. The quantitative estimate of drug-likeness (QED) is 0.197. The van der Waals surface area contributed by atoms with E-state index in [0.717, 1.165) is 0 Å². The van der Waals surface area contributed by atoms with Gasteiger partial charge in [0.2, 0.25) is 0 Å². The van der Waals surface area contributed by atoms with Crippen LogP contribution in [0.5, 0.6) is 0 Å². The van der Waals surface area contributed by atoms with E-state index in [1.54, 1.807) is 0 Å². The average Bonchev–Trinajstić information content (AvgIpc) is 3.52. The van der Waals surface area contributed by atoms with Gasteiger partial charge in [0.1, 0.15) is 0 Å². The van der Waals surface area contributed by atoms with Gasteiger partial charge in [-0.05, 0) is 90.3 Å². The van der Waals surface area contributed by atoms with E-state index in [-0.39, 0.29) is 5.41 Å². The highest BCUT2D eigenvalue weighted by molar-refractivity contribution is 7.99. The molecule has 0 fully saturated rings. The van der Waals surface area contributed by atoms with E-state index in [0.29, 0.717) is 0 Å². The SMILES string of the molecule is c1ccc2c(c1)-c1ccccc1C21c2ccccc2-c2ccc(-c3ccc4c(c3)Sc3cccc5cccc-4c35)cc21. The second-order valence-electron chi connectivity index (χ2n) is 11.6. The van der Waals surface area contributed by atoms with Gasteiger partial charge in [-0.2, -0.15) is 0 Å². The summed E-state index contributed by atoms with van der Waals surface area (Å²) in [5, 5.41) is 2.69. The maximum absolute atomic E-state index is 2.48. The molecule has 0 amide bonds. The predicted octanol–water partition coefficient (Wildman–Crippen LogP) is 11.0. The Labute approximate surface area is 249 Å². The van der Waals surface area contributed by atoms with Crippen LogP contribution in [0.25, 0.3) is 55.3 Å². The van der Waals surface area contributed by atoms with Crippen molar-refractivity contribution in [3.63, 3.8) is 0 Å². The monoisotopic (exact) mass is 548 g/mol. The molecule has 0 bridgehead atoms. The third-order valence-corrected chi connectivity index (χ3v) is 10.8. The molecule has 7 aromatic carbocycles. The van der Waals surface area contributed by atoms with Gasteiger partial charge in [0.15, 0.2) is 0 Å². The molecule has 0 saturated heterocycles. The third kappa shape index (κ3) is 2.75. The van der Waals surface area contributed by atoms with Crippen LogP contribution in [0.4, 0.5) is 0 Å². The minimum Gasteiger partial charge on any atom is -0.0888 e.